The highest BCUT2D eigenvalue weighted by Crippen LogP contribution is 2.32. The van der Waals surface area contributed by atoms with Crippen molar-refractivity contribution in [1.29, 1.82) is 0 Å². The maximum Gasteiger partial charge on any atom is 0.408 e. The highest BCUT2D eigenvalue weighted by atomic mass is 16.5. The van der Waals surface area contributed by atoms with Gasteiger partial charge in [-0.15, -0.1) is 0 Å². The number of carboxylic acid groups (broad SMARTS) is 1. The molecular weight excluding hydrogens is 386 g/mol. The van der Waals surface area contributed by atoms with Gasteiger partial charge in [0.25, 0.3) is 0 Å². The minimum Gasteiger partial charge on any atom is -0.465 e. The van der Waals surface area contributed by atoms with Gasteiger partial charge in [0.2, 0.25) is 5.91 Å². The lowest BCUT2D eigenvalue weighted by Gasteiger charge is -2.37. The molecule has 0 radical (unpaired) electrons. The number of aryl methyl sites for hydroxylation is 1. The minimum absolute atomic E-state index is 0.411. The Labute approximate surface area is 174 Å². The number of aromatic nitrogens is 1. The van der Waals surface area contributed by atoms with Gasteiger partial charge in [0.15, 0.2) is 5.58 Å². The van der Waals surface area contributed by atoms with E-state index in [4.69, 9.17) is 9.26 Å². The quantitative estimate of drug-likeness (QED) is 0.610. The van der Waals surface area contributed by atoms with Crippen molar-refractivity contribution < 1.29 is 24.0 Å². The first-order valence-corrected chi connectivity index (χ1v) is 9.54. The summed E-state index contributed by atoms with van der Waals surface area (Å²) in [6.07, 6.45) is -1.15. The van der Waals surface area contributed by atoms with Crippen LogP contribution in [0.3, 0.4) is 0 Å². The molecule has 0 bridgehead atoms. The second-order valence-electron chi connectivity index (χ2n) is 8.01. The number of hydrogen-bond donors (Lipinski definition) is 2. The Balaban J connectivity index is 1.72. The summed E-state index contributed by atoms with van der Waals surface area (Å²) >= 11 is 0. The second-order valence-corrected chi connectivity index (χ2v) is 8.01. The first-order chi connectivity index (χ1) is 14.1. The van der Waals surface area contributed by atoms with Crippen molar-refractivity contribution in [2.24, 2.45) is 0 Å². The van der Waals surface area contributed by atoms with E-state index in [9.17, 15) is 14.7 Å². The van der Waals surface area contributed by atoms with Gasteiger partial charge in [0, 0.05) is 11.2 Å². The third-order valence-electron chi connectivity index (χ3n) is 4.68. The predicted molar refractivity (Wildman–Crippen MR) is 113 cm³/mol. The van der Waals surface area contributed by atoms with E-state index in [1.165, 1.54) is 0 Å². The normalized spacial score (nSPS) is 12.4. The summed E-state index contributed by atoms with van der Waals surface area (Å²) in [5, 5.41) is 17.0. The molecule has 8 nitrogen and oxygen atoms in total. The second kappa shape index (κ2) is 8.06. The summed E-state index contributed by atoms with van der Waals surface area (Å²) < 4.78 is 11.2. The highest BCUT2D eigenvalue weighted by molar-refractivity contribution is 5.96. The molecule has 0 aliphatic carbocycles. The Morgan fingerprint density at radius 1 is 1.17 bits per heavy atom. The average molecular weight is 411 g/mol. The Kier molecular flexibility index (Phi) is 5.69. The first kappa shape index (κ1) is 21.2. The standard InChI is InChI=1S/C22H25N3O5/c1-13-19-17(7-6-8-18(19)30-24-13)29-16-11-9-15(10-12-16)23-20(26)14(2)25(21(27)28)22(3,4)5/h6-12,14H,1-5H3,(H,23,26)(H,27,28)/t14-/m1/s1. The number of benzene rings is 2. The zero-order valence-electron chi connectivity index (χ0n) is 17.6. The largest absolute Gasteiger partial charge is 0.465 e. The third kappa shape index (κ3) is 4.37. The van der Waals surface area contributed by atoms with Crippen LogP contribution in [0.5, 0.6) is 11.5 Å². The number of carbonyl (C=O) groups excluding carboxylic acids is 1. The third-order valence-corrected chi connectivity index (χ3v) is 4.68. The van der Waals surface area contributed by atoms with Gasteiger partial charge in [0.05, 0.1) is 11.1 Å². The van der Waals surface area contributed by atoms with Crippen LogP contribution in [0.1, 0.15) is 33.4 Å². The van der Waals surface area contributed by atoms with E-state index < -0.39 is 23.6 Å². The van der Waals surface area contributed by atoms with Crippen molar-refractivity contribution in [3.05, 3.63) is 48.2 Å². The summed E-state index contributed by atoms with van der Waals surface area (Å²) in [5.74, 6) is 0.792. The Hall–Kier alpha value is -3.55. The van der Waals surface area contributed by atoms with Gasteiger partial charge >= 0.3 is 6.09 Å². The fourth-order valence-electron chi connectivity index (χ4n) is 3.32. The monoisotopic (exact) mass is 411 g/mol. The maximum atomic E-state index is 12.6. The first-order valence-electron chi connectivity index (χ1n) is 9.54. The molecule has 3 rings (SSSR count). The van der Waals surface area contributed by atoms with E-state index in [-0.39, 0.29) is 0 Å². The van der Waals surface area contributed by atoms with E-state index in [1.54, 1.807) is 52.0 Å². The van der Waals surface area contributed by atoms with Gasteiger partial charge in [-0.25, -0.2) is 4.79 Å². The van der Waals surface area contributed by atoms with Crippen molar-refractivity contribution in [3.63, 3.8) is 0 Å². The molecule has 1 heterocycles. The average Bonchev–Trinajstić information content (AvgIpc) is 3.04. The van der Waals surface area contributed by atoms with Crippen LogP contribution in [-0.2, 0) is 4.79 Å². The van der Waals surface area contributed by atoms with Crippen molar-refractivity contribution in [2.75, 3.05) is 5.32 Å². The van der Waals surface area contributed by atoms with Crippen LogP contribution in [0.25, 0.3) is 11.0 Å². The van der Waals surface area contributed by atoms with Crippen LogP contribution in [0, 0.1) is 6.92 Å². The Morgan fingerprint density at radius 3 is 2.43 bits per heavy atom. The lowest BCUT2D eigenvalue weighted by Crippen LogP contribution is -2.54. The molecule has 30 heavy (non-hydrogen) atoms. The van der Waals surface area contributed by atoms with Crippen LogP contribution in [0.2, 0.25) is 0 Å². The number of nitrogens with one attached hydrogen (secondary N) is 1. The molecule has 2 amide bonds. The Morgan fingerprint density at radius 2 is 1.83 bits per heavy atom. The van der Waals surface area contributed by atoms with Crippen LogP contribution >= 0.6 is 0 Å². The molecule has 0 saturated carbocycles. The Bertz CT molecular complexity index is 1070. The molecule has 0 aliphatic rings. The van der Waals surface area contributed by atoms with Crippen molar-refractivity contribution in [3.8, 4) is 11.5 Å². The van der Waals surface area contributed by atoms with Crippen LogP contribution in [-0.4, -0.2) is 38.7 Å². The number of nitrogens with zero attached hydrogens (tertiary/aromatic N) is 2. The van der Waals surface area contributed by atoms with E-state index >= 15 is 0 Å². The van der Waals surface area contributed by atoms with E-state index in [2.05, 4.69) is 10.5 Å². The molecule has 0 saturated heterocycles. The molecule has 1 atom stereocenters. The van der Waals surface area contributed by atoms with Crippen molar-refractivity contribution in [2.45, 2.75) is 46.2 Å². The predicted octanol–water partition coefficient (Wildman–Crippen LogP) is 5.03. The smallest absolute Gasteiger partial charge is 0.408 e. The van der Waals surface area contributed by atoms with Gasteiger partial charge in [-0.1, -0.05) is 11.2 Å². The van der Waals surface area contributed by atoms with Crippen molar-refractivity contribution in [1.82, 2.24) is 10.1 Å². The topological polar surface area (TPSA) is 105 Å². The molecule has 158 valence electrons. The lowest BCUT2D eigenvalue weighted by atomic mass is 10.0. The number of ether oxygens (including phenoxy) is 1. The van der Waals surface area contributed by atoms with E-state index in [0.29, 0.717) is 22.8 Å². The van der Waals surface area contributed by atoms with Gasteiger partial charge in [-0.3, -0.25) is 9.69 Å². The van der Waals surface area contributed by atoms with Crippen LogP contribution in [0.4, 0.5) is 10.5 Å². The molecular formula is C22H25N3O5. The van der Waals surface area contributed by atoms with Gasteiger partial charge < -0.3 is 19.7 Å². The summed E-state index contributed by atoms with van der Waals surface area (Å²) in [6.45, 7) is 8.64. The summed E-state index contributed by atoms with van der Waals surface area (Å²) in [4.78, 5) is 25.3. The molecule has 2 N–H and O–H groups in total. The molecule has 0 unspecified atom stereocenters. The summed E-state index contributed by atoms with van der Waals surface area (Å²) in [5.41, 5.74) is 1.21. The number of carbonyl (C=O) groups is 2. The van der Waals surface area contributed by atoms with E-state index in [1.807, 2.05) is 25.1 Å². The number of anilines is 1. The lowest BCUT2D eigenvalue weighted by molar-refractivity contribution is -0.121. The molecule has 0 aliphatic heterocycles. The summed E-state index contributed by atoms with van der Waals surface area (Å²) in [6, 6.07) is 11.5. The maximum absolute atomic E-state index is 12.6. The SMILES string of the molecule is Cc1noc2cccc(Oc3ccc(NC(=O)[C@@H](C)N(C(=O)O)C(C)(C)C)cc3)c12. The summed E-state index contributed by atoms with van der Waals surface area (Å²) in [7, 11) is 0. The molecule has 3 aromatic rings. The van der Waals surface area contributed by atoms with Crippen LogP contribution < -0.4 is 10.1 Å². The minimum atomic E-state index is -1.15. The van der Waals surface area contributed by atoms with Crippen LogP contribution in [0.15, 0.2) is 47.0 Å². The zero-order chi connectivity index (χ0) is 22.1. The molecule has 8 heteroatoms. The molecule has 2 aromatic carbocycles. The molecule has 0 fully saturated rings. The molecule has 0 spiro atoms. The van der Waals surface area contributed by atoms with Gasteiger partial charge in [-0.2, -0.15) is 0 Å². The van der Waals surface area contributed by atoms with E-state index in [0.717, 1.165) is 16.0 Å². The molecule has 1 aromatic heterocycles. The highest BCUT2D eigenvalue weighted by Gasteiger charge is 2.34. The zero-order valence-corrected chi connectivity index (χ0v) is 17.6. The number of fused-ring (bicyclic) bond motifs is 1. The fraction of sp³-hybridized carbons (Fsp3) is 0.318. The number of hydrogen-bond acceptors (Lipinski definition) is 5. The number of rotatable bonds is 5. The van der Waals surface area contributed by atoms with Gasteiger partial charge in [-0.05, 0) is 71.0 Å². The van der Waals surface area contributed by atoms with Crippen molar-refractivity contribution >= 4 is 28.7 Å². The number of amides is 2. The fourth-order valence-corrected chi connectivity index (χ4v) is 3.32. The van der Waals surface area contributed by atoms with Gasteiger partial charge in [0.1, 0.15) is 17.5 Å².